The van der Waals surface area contributed by atoms with Crippen LogP contribution in [0.4, 0.5) is 0 Å². The average molecular weight is 197 g/mol. The summed E-state index contributed by atoms with van der Waals surface area (Å²) in [5.41, 5.74) is 1.97. The number of hydrogen-bond donors (Lipinski definition) is 1. The molecule has 1 nitrogen and oxygen atoms in total. The fraction of sp³-hybridized carbons (Fsp3) is 0.273. The Kier molecular flexibility index (Phi) is 3.52. The van der Waals surface area contributed by atoms with Crippen LogP contribution in [-0.2, 0) is 0 Å². The Labute approximate surface area is 83.7 Å². The van der Waals surface area contributed by atoms with E-state index in [1.54, 1.807) is 6.08 Å². The number of aliphatic hydroxyl groups excluding tert-OH is 1. The van der Waals surface area contributed by atoms with Gasteiger partial charge in [-0.1, -0.05) is 43.3 Å². The number of halogens is 1. The first kappa shape index (κ1) is 10.3. The van der Waals surface area contributed by atoms with Crippen LogP contribution in [0.5, 0.6) is 0 Å². The summed E-state index contributed by atoms with van der Waals surface area (Å²) < 4.78 is 0. The van der Waals surface area contributed by atoms with Gasteiger partial charge in [0.1, 0.15) is 0 Å². The second-order valence-corrected chi connectivity index (χ2v) is 3.44. The molecular formula is C11H13ClO. The van der Waals surface area contributed by atoms with E-state index in [-0.39, 0.29) is 12.5 Å². The van der Waals surface area contributed by atoms with Gasteiger partial charge in [0.15, 0.2) is 0 Å². The van der Waals surface area contributed by atoms with Crippen LogP contribution in [0.15, 0.2) is 24.8 Å². The molecule has 0 aliphatic rings. The summed E-state index contributed by atoms with van der Waals surface area (Å²) in [5.74, 6) is 0.103. The molecule has 1 N–H and O–H groups in total. The minimum atomic E-state index is 0.103. The number of aliphatic hydroxyl groups is 1. The van der Waals surface area contributed by atoms with E-state index in [1.165, 1.54) is 0 Å². The maximum absolute atomic E-state index is 9.02. The Morgan fingerprint density at radius 2 is 2.31 bits per heavy atom. The number of benzene rings is 1. The molecule has 1 unspecified atom stereocenters. The van der Waals surface area contributed by atoms with Crippen molar-refractivity contribution in [3.63, 3.8) is 0 Å². The van der Waals surface area contributed by atoms with Gasteiger partial charge in [0, 0.05) is 17.5 Å². The van der Waals surface area contributed by atoms with Crippen molar-refractivity contribution < 1.29 is 5.11 Å². The number of hydrogen-bond acceptors (Lipinski definition) is 1. The Balaban J connectivity index is 3.19. The highest BCUT2D eigenvalue weighted by atomic mass is 35.5. The van der Waals surface area contributed by atoms with Crippen molar-refractivity contribution >= 4 is 17.7 Å². The Hall–Kier alpha value is -0.790. The van der Waals surface area contributed by atoms with E-state index >= 15 is 0 Å². The molecule has 0 saturated heterocycles. The van der Waals surface area contributed by atoms with Gasteiger partial charge in [-0.25, -0.2) is 0 Å². The standard InChI is InChI=1S/C11H13ClO/c1-3-9-10(8(2)7-13)5-4-6-11(9)12/h3-6,8,13H,1,7H2,2H3. The van der Waals surface area contributed by atoms with E-state index in [0.717, 1.165) is 11.1 Å². The third-order valence-electron chi connectivity index (χ3n) is 2.10. The lowest BCUT2D eigenvalue weighted by Crippen LogP contribution is -2.01. The van der Waals surface area contributed by atoms with Crippen molar-refractivity contribution in [3.8, 4) is 0 Å². The molecule has 1 atom stereocenters. The first-order valence-electron chi connectivity index (χ1n) is 4.22. The van der Waals surface area contributed by atoms with Crippen LogP contribution in [0.2, 0.25) is 5.02 Å². The van der Waals surface area contributed by atoms with Gasteiger partial charge in [-0.3, -0.25) is 0 Å². The van der Waals surface area contributed by atoms with E-state index in [9.17, 15) is 0 Å². The molecule has 0 bridgehead atoms. The molecule has 13 heavy (non-hydrogen) atoms. The van der Waals surface area contributed by atoms with Crippen LogP contribution in [0.25, 0.3) is 6.08 Å². The summed E-state index contributed by atoms with van der Waals surface area (Å²) in [5, 5.41) is 9.71. The maximum Gasteiger partial charge on any atom is 0.0497 e. The normalized spacial score (nSPS) is 12.5. The highest BCUT2D eigenvalue weighted by molar-refractivity contribution is 6.32. The minimum Gasteiger partial charge on any atom is -0.396 e. The predicted molar refractivity (Wildman–Crippen MR) is 57.0 cm³/mol. The van der Waals surface area contributed by atoms with Crippen LogP contribution < -0.4 is 0 Å². The zero-order chi connectivity index (χ0) is 9.84. The van der Waals surface area contributed by atoms with E-state index in [0.29, 0.717) is 5.02 Å². The molecule has 0 heterocycles. The number of rotatable bonds is 3. The topological polar surface area (TPSA) is 20.2 Å². The van der Waals surface area contributed by atoms with Crippen molar-refractivity contribution in [2.45, 2.75) is 12.8 Å². The molecule has 0 fully saturated rings. The Morgan fingerprint density at radius 3 is 2.85 bits per heavy atom. The van der Waals surface area contributed by atoms with Gasteiger partial charge in [0.2, 0.25) is 0 Å². The van der Waals surface area contributed by atoms with Crippen LogP contribution in [0, 0.1) is 0 Å². The molecule has 0 amide bonds. The molecule has 0 spiro atoms. The van der Waals surface area contributed by atoms with E-state index in [2.05, 4.69) is 6.58 Å². The Bertz CT molecular complexity index is 307. The molecule has 2 heteroatoms. The van der Waals surface area contributed by atoms with E-state index in [1.807, 2.05) is 25.1 Å². The molecule has 0 aliphatic carbocycles. The second-order valence-electron chi connectivity index (χ2n) is 3.03. The fourth-order valence-corrected chi connectivity index (χ4v) is 1.56. The minimum absolute atomic E-state index is 0.103. The monoisotopic (exact) mass is 196 g/mol. The van der Waals surface area contributed by atoms with Crippen LogP contribution in [0.1, 0.15) is 24.0 Å². The lowest BCUT2D eigenvalue weighted by Gasteiger charge is -2.12. The van der Waals surface area contributed by atoms with Gasteiger partial charge in [-0.05, 0) is 17.2 Å². The van der Waals surface area contributed by atoms with Crippen molar-refractivity contribution in [2.75, 3.05) is 6.61 Å². The van der Waals surface area contributed by atoms with Crippen molar-refractivity contribution in [1.82, 2.24) is 0 Å². The molecule has 1 aromatic carbocycles. The quantitative estimate of drug-likeness (QED) is 0.788. The molecule has 0 radical (unpaired) electrons. The first-order chi connectivity index (χ1) is 6.20. The molecule has 1 rings (SSSR count). The van der Waals surface area contributed by atoms with Gasteiger partial charge >= 0.3 is 0 Å². The summed E-state index contributed by atoms with van der Waals surface area (Å²) in [6.07, 6.45) is 1.73. The third kappa shape index (κ3) is 2.11. The van der Waals surface area contributed by atoms with Crippen LogP contribution >= 0.6 is 11.6 Å². The summed E-state index contributed by atoms with van der Waals surface area (Å²) >= 11 is 5.98. The van der Waals surface area contributed by atoms with Crippen LogP contribution in [-0.4, -0.2) is 11.7 Å². The molecule has 70 valence electrons. The van der Waals surface area contributed by atoms with Gasteiger partial charge in [0.25, 0.3) is 0 Å². The average Bonchev–Trinajstić information content (AvgIpc) is 2.16. The second kappa shape index (κ2) is 4.45. The van der Waals surface area contributed by atoms with Crippen LogP contribution in [0.3, 0.4) is 0 Å². The lowest BCUT2D eigenvalue weighted by molar-refractivity contribution is 0.273. The zero-order valence-electron chi connectivity index (χ0n) is 7.63. The third-order valence-corrected chi connectivity index (χ3v) is 2.43. The van der Waals surface area contributed by atoms with Gasteiger partial charge in [-0.2, -0.15) is 0 Å². The van der Waals surface area contributed by atoms with Crippen molar-refractivity contribution in [1.29, 1.82) is 0 Å². The molecule has 0 aliphatic heterocycles. The summed E-state index contributed by atoms with van der Waals surface area (Å²) in [6.45, 7) is 5.79. The maximum atomic E-state index is 9.02. The first-order valence-corrected chi connectivity index (χ1v) is 4.60. The van der Waals surface area contributed by atoms with E-state index in [4.69, 9.17) is 16.7 Å². The smallest absolute Gasteiger partial charge is 0.0497 e. The van der Waals surface area contributed by atoms with Gasteiger partial charge in [0.05, 0.1) is 0 Å². The lowest BCUT2D eigenvalue weighted by atomic mass is 9.96. The van der Waals surface area contributed by atoms with Crippen molar-refractivity contribution in [2.24, 2.45) is 0 Å². The largest absolute Gasteiger partial charge is 0.396 e. The predicted octanol–water partition coefficient (Wildman–Crippen LogP) is 3.08. The molecule has 0 saturated carbocycles. The Morgan fingerprint density at radius 1 is 1.62 bits per heavy atom. The van der Waals surface area contributed by atoms with Gasteiger partial charge < -0.3 is 5.11 Å². The molecule has 1 aromatic rings. The summed E-state index contributed by atoms with van der Waals surface area (Å²) in [6, 6.07) is 5.67. The van der Waals surface area contributed by atoms with Crippen molar-refractivity contribution in [3.05, 3.63) is 40.9 Å². The highest BCUT2D eigenvalue weighted by Gasteiger charge is 2.09. The summed E-state index contributed by atoms with van der Waals surface area (Å²) in [4.78, 5) is 0. The van der Waals surface area contributed by atoms with Gasteiger partial charge in [-0.15, -0.1) is 0 Å². The highest BCUT2D eigenvalue weighted by Crippen LogP contribution is 2.26. The SMILES string of the molecule is C=Cc1c(Cl)cccc1C(C)CO. The van der Waals surface area contributed by atoms with E-state index < -0.39 is 0 Å². The summed E-state index contributed by atoms with van der Waals surface area (Å²) in [7, 11) is 0. The zero-order valence-corrected chi connectivity index (χ0v) is 8.38. The molecular weight excluding hydrogens is 184 g/mol. The fourth-order valence-electron chi connectivity index (χ4n) is 1.30. The molecule has 0 aromatic heterocycles.